The molecule has 0 aromatic heterocycles. The minimum atomic E-state index is 0. The van der Waals surface area contributed by atoms with E-state index >= 15 is 0 Å². The van der Waals surface area contributed by atoms with E-state index in [2.05, 4.69) is 50.8 Å². The van der Waals surface area contributed by atoms with Crippen LogP contribution in [0.2, 0.25) is 0 Å². The van der Waals surface area contributed by atoms with Crippen LogP contribution in [0.4, 0.5) is 5.69 Å². The maximum atomic E-state index is 2.51. The normalized spacial score (nSPS) is 13.4. The predicted molar refractivity (Wildman–Crippen MR) is 79.1 cm³/mol. The van der Waals surface area contributed by atoms with Crippen molar-refractivity contribution < 1.29 is 0 Å². The summed E-state index contributed by atoms with van der Waals surface area (Å²) in [7, 11) is 0. The van der Waals surface area contributed by atoms with Crippen molar-refractivity contribution in [1.29, 1.82) is 0 Å². The Morgan fingerprint density at radius 3 is 2.24 bits per heavy atom. The van der Waals surface area contributed by atoms with Crippen molar-refractivity contribution in [2.24, 2.45) is 0 Å². The van der Waals surface area contributed by atoms with Gasteiger partial charge in [0.2, 0.25) is 0 Å². The lowest BCUT2D eigenvalue weighted by atomic mass is 10.1. The molecule has 0 amide bonds. The summed E-state index contributed by atoms with van der Waals surface area (Å²) in [6, 6.07) is 6.80. The first-order valence-corrected chi connectivity index (χ1v) is 6.36. The number of rotatable bonds is 0. The van der Waals surface area contributed by atoms with Gasteiger partial charge in [-0.15, -0.1) is 0 Å². The Morgan fingerprint density at radius 2 is 1.71 bits per heavy atom. The molecule has 0 saturated carbocycles. The van der Waals surface area contributed by atoms with Crippen LogP contribution < -0.4 is 4.90 Å². The van der Waals surface area contributed by atoms with E-state index in [-0.39, 0.29) is 14.0 Å². The van der Waals surface area contributed by atoms with Gasteiger partial charge in [0.1, 0.15) is 0 Å². The zero-order valence-corrected chi connectivity index (χ0v) is 12.2. The molecule has 1 aliphatic rings. The van der Waals surface area contributed by atoms with Crippen LogP contribution in [0.3, 0.4) is 0 Å². The predicted octanol–water partition coefficient (Wildman–Crippen LogP) is 3.80. The fourth-order valence-electron chi connectivity index (χ4n) is 2.19. The maximum absolute atomic E-state index is 2.51. The molecule has 2 rings (SSSR count). The Kier molecular flexibility index (Phi) is 5.81. The molecule has 1 aromatic rings. The topological polar surface area (TPSA) is 3.24 Å². The third-order valence-corrected chi connectivity index (χ3v) is 2.95. The average molecular weight is 230 g/mol. The molecule has 0 unspecified atom stereocenters. The third-order valence-electron chi connectivity index (χ3n) is 2.95. The first-order valence-electron chi connectivity index (χ1n) is 6.36. The van der Waals surface area contributed by atoms with Crippen molar-refractivity contribution in [3.63, 3.8) is 0 Å². The van der Waals surface area contributed by atoms with E-state index in [0.717, 1.165) is 0 Å². The quantitative estimate of drug-likeness (QED) is 0.613. The second-order valence-corrected chi connectivity index (χ2v) is 5.20. The summed E-state index contributed by atoms with van der Waals surface area (Å²) in [6.45, 7) is 14.2. The van der Waals surface area contributed by atoms with Crippen molar-refractivity contribution >= 4 is 14.1 Å². The van der Waals surface area contributed by atoms with Gasteiger partial charge in [-0.2, -0.15) is 0 Å². The van der Waals surface area contributed by atoms with E-state index in [1.807, 2.05) is 13.8 Å². The van der Waals surface area contributed by atoms with Crippen LogP contribution >= 0.6 is 0 Å². The van der Waals surface area contributed by atoms with Gasteiger partial charge >= 0.3 is 0 Å². The standard InChI is InChI=1S/C13H19N.C2H6.B/c1-10-5-6-11-7-8-14(12(11)9-10)13(2,3)4;1-2;/h5-6,9H,7-8H2,1-4H3;1-2H3;. The van der Waals surface area contributed by atoms with Gasteiger partial charge in [-0.3, -0.25) is 0 Å². The van der Waals surface area contributed by atoms with Crippen LogP contribution in [0.15, 0.2) is 18.2 Å². The summed E-state index contributed by atoms with van der Waals surface area (Å²) in [4.78, 5) is 2.51. The number of fused-ring (bicyclic) bond motifs is 1. The molecule has 0 spiro atoms. The molecular weight excluding hydrogens is 205 g/mol. The molecule has 1 heterocycles. The van der Waals surface area contributed by atoms with Crippen molar-refractivity contribution in [1.82, 2.24) is 0 Å². The van der Waals surface area contributed by atoms with E-state index in [9.17, 15) is 0 Å². The minimum absolute atomic E-state index is 0. The summed E-state index contributed by atoms with van der Waals surface area (Å²) < 4.78 is 0. The fraction of sp³-hybridized carbons (Fsp3) is 0.600. The van der Waals surface area contributed by atoms with Gasteiger partial charge in [0.25, 0.3) is 0 Å². The summed E-state index contributed by atoms with van der Waals surface area (Å²) in [5.41, 5.74) is 4.56. The Hall–Kier alpha value is -0.915. The smallest absolute Gasteiger partial charge is 0.0406 e. The van der Waals surface area contributed by atoms with E-state index in [4.69, 9.17) is 0 Å². The SMILES string of the molecule is CC.Cc1ccc2c(c1)N(C(C)(C)C)CC2.[B]. The van der Waals surface area contributed by atoms with E-state index in [1.165, 1.54) is 29.8 Å². The van der Waals surface area contributed by atoms with Gasteiger partial charge in [-0.25, -0.2) is 0 Å². The summed E-state index contributed by atoms with van der Waals surface area (Å²) >= 11 is 0. The Bertz CT molecular complexity index is 352. The molecule has 1 aromatic carbocycles. The molecule has 1 aliphatic heterocycles. The first kappa shape index (κ1) is 16.1. The molecule has 93 valence electrons. The van der Waals surface area contributed by atoms with Crippen LogP contribution in [0, 0.1) is 6.92 Å². The number of benzene rings is 1. The van der Waals surface area contributed by atoms with Gasteiger partial charge < -0.3 is 4.90 Å². The lowest BCUT2D eigenvalue weighted by Crippen LogP contribution is -2.40. The second kappa shape index (κ2) is 6.14. The highest BCUT2D eigenvalue weighted by Crippen LogP contribution is 2.33. The molecule has 0 fully saturated rings. The van der Waals surface area contributed by atoms with E-state index in [0.29, 0.717) is 0 Å². The molecular formula is C15H25BN. The van der Waals surface area contributed by atoms with Gasteiger partial charge in [-0.1, -0.05) is 26.0 Å². The van der Waals surface area contributed by atoms with Crippen LogP contribution in [0.25, 0.3) is 0 Å². The number of hydrogen-bond donors (Lipinski definition) is 0. The van der Waals surface area contributed by atoms with Crippen LogP contribution in [-0.2, 0) is 6.42 Å². The second-order valence-electron chi connectivity index (χ2n) is 5.20. The van der Waals surface area contributed by atoms with E-state index in [1.54, 1.807) is 0 Å². The zero-order chi connectivity index (χ0) is 12.3. The third kappa shape index (κ3) is 3.52. The zero-order valence-electron chi connectivity index (χ0n) is 12.2. The van der Waals surface area contributed by atoms with Gasteiger partial charge in [-0.05, 0) is 51.3 Å². The van der Waals surface area contributed by atoms with Crippen molar-refractivity contribution in [2.45, 2.75) is 53.5 Å². The van der Waals surface area contributed by atoms with Crippen LogP contribution in [-0.4, -0.2) is 20.5 Å². The summed E-state index contributed by atoms with van der Waals surface area (Å²) in [6.07, 6.45) is 1.20. The van der Waals surface area contributed by atoms with Gasteiger partial charge in [0.15, 0.2) is 0 Å². The average Bonchev–Trinajstić information content (AvgIpc) is 2.63. The molecule has 0 aliphatic carbocycles. The van der Waals surface area contributed by atoms with Gasteiger partial charge in [0, 0.05) is 26.2 Å². The molecule has 0 bridgehead atoms. The lowest BCUT2D eigenvalue weighted by molar-refractivity contribution is 0.518. The molecule has 0 saturated heterocycles. The van der Waals surface area contributed by atoms with Crippen molar-refractivity contribution in [2.75, 3.05) is 11.4 Å². The highest BCUT2D eigenvalue weighted by molar-refractivity contribution is 5.75. The number of hydrogen-bond acceptors (Lipinski definition) is 1. The van der Waals surface area contributed by atoms with Crippen LogP contribution in [0.1, 0.15) is 45.7 Å². The van der Waals surface area contributed by atoms with Crippen LogP contribution in [0.5, 0.6) is 0 Å². The molecule has 0 atom stereocenters. The summed E-state index contributed by atoms with van der Waals surface area (Å²) in [5.74, 6) is 0. The Balaban J connectivity index is 0.000000811. The maximum Gasteiger partial charge on any atom is 0.0406 e. The molecule has 1 nitrogen and oxygen atoms in total. The van der Waals surface area contributed by atoms with Gasteiger partial charge in [0.05, 0.1) is 0 Å². The lowest BCUT2D eigenvalue weighted by Gasteiger charge is -2.34. The largest absolute Gasteiger partial charge is 0.366 e. The van der Waals surface area contributed by atoms with E-state index < -0.39 is 0 Å². The van der Waals surface area contributed by atoms with Crippen molar-refractivity contribution in [3.05, 3.63) is 29.3 Å². The molecule has 17 heavy (non-hydrogen) atoms. The number of nitrogens with zero attached hydrogens (tertiary/aromatic N) is 1. The van der Waals surface area contributed by atoms with Crippen molar-refractivity contribution in [3.8, 4) is 0 Å². The first-order chi connectivity index (χ1) is 7.48. The number of anilines is 1. The summed E-state index contributed by atoms with van der Waals surface area (Å²) in [5, 5.41) is 0. The highest BCUT2D eigenvalue weighted by Gasteiger charge is 2.27. The Labute approximate surface area is 109 Å². The monoisotopic (exact) mass is 230 g/mol. The molecule has 3 radical (unpaired) electrons. The molecule has 2 heteroatoms. The fourth-order valence-corrected chi connectivity index (χ4v) is 2.19. The minimum Gasteiger partial charge on any atom is -0.366 e. The molecule has 0 N–H and O–H groups in total. The number of aryl methyl sites for hydroxylation is 1. The highest BCUT2D eigenvalue weighted by atomic mass is 15.2. The Morgan fingerprint density at radius 1 is 1.12 bits per heavy atom.